The predicted molar refractivity (Wildman–Crippen MR) is 302 cm³/mol. The van der Waals surface area contributed by atoms with Crippen LogP contribution in [0, 0.1) is 18.7 Å². The number of carboxylic acid groups (broad SMARTS) is 1. The topological polar surface area (TPSA) is 258 Å². The van der Waals surface area contributed by atoms with Crippen LogP contribution in [0.1, 0.15) is 79.9 Å². The van der Waals surface area contributed by atoms with Crippen molar-refractivity contribution in [2.45, 2.75) is 77.9 Å². The van der Waals surface area contributed by atoms with E-state index >= 15 is 0 Å². The predicted octanol–water partition coefficient (Wildman–Crippen LogP) is 4.35. The van der Waals surface area contributed by atoms with Crippen LogP contribution in [0.2, 0.25) is 0 Å². The molecule has 4 amide bonds. The molecule has 0 saturated heterocycles. The Kier molecular flexibility index (Phi) is 32.2. The number of nitrogens with two attached hydrogens (primary N) is 1. The number of fused-ring (bicyclic) bond motifs is 4. The minimum absolute atomic E-state index is 0.0417. The minimum Gasteiger partial charge on any atom is -0.480 e. The van der Waals surface area contributed by atoms with E-state index in [1.807, 2.05) is 27.0 Å². The number of imide groups is 1. The number of carbonyl (C=O) groups is 7. The van der Waals surface area contributed by atoms with Crippen molar-refractivity contribution in [1.82, 2.24) is 46.3 Å². The van der Waals surface area contributed by atoms with Gasteiger partial charge in [0.15, 0.2) is 0 Å². The summed E-state index contributed by atoms with van der Waals surface area (Å²) in [7, 11) is 12.0. The molecule has 8 N–H and O–H groups in total. The summed E-state index contributed by atoms with van der Waals surface area (Å²) in [6, 6.07) is 1.99. The molecule has 4 unspecified atom stereocenters. The number of hydrogen-bond acceptors (Lipinski definition) is 15. The number of aliphatic carboxylic acids is 1. The van der Waals surface area contributed by atoms with E-state index in [2.05, 4.69) is 97.8 Å². The Morgan fingerprint density at radius 2 is 1.75 bits per heavy atom. The Morgan fingerprint density at radius 3 is 2.24 bits per heavy atom. The number of aromatic nitrogens is 1. The number of aryl methyl sites for hydroxylation is 1. The second-order valence-corrected chi connectivity index (χ2v) is 18.1. The van der Waals surface area contributed by atoms with E-state index in [0.717, 1.165) is 112 Å². The van der Waals surface area contributed by atoms with Gasteiger partial charge in [-0.25, -0.2) is 9.37 Å². The van der Waals surface area contributed by atoms with Crippen molar-refractivity contribution in [3.8, 4) is 0 Å². The van der Waals surface area contributed by atoms with Crippen LogP contribution in [0.5, 0.6) is 0 Å². The molecule has 19 nitrogen and oxygen atoms in total. The van der Waals surface area contributed by atoms with Gasteiger partial charge in [0.2, 0.25) is 12.3 Å². The van der Waals surface area contributed by atoms with Crippen molar-refractivity contribution in [2.75, 3.05) is 80.8 Å². The Bertz CT molecular complexity index is 2440. The zero-order chi connectivity index (χ0) is 57.5. The smallest absolute Gasteiger partial charge is 0.317 e. The van der Waals surface area contributed by atoms with Gasteiger partial charge in [0.25, 0.3) is 11.8 Å². The molecule has 4 heterocycles. The molecule has 0 spiro atoms. The molecule has 1 aromatic heterocycles. The molecular formula is C55H82FN10O9P. The van der Waals surface area contributed by atoms with Gasteiger partial charge < -0.3 is 61.5 Å². The number of carbonyl (C=O) groups excluding carboxylic acids is 6. The lowest BCUT2D eigenvalue weighted by atomic mass is 9.81. The average Bonchev–Trinajstić information content (AvgIpc) is 3.92. The third-order valence-corrected chi connectivity index (χ3v) is 12.7. The van der Waals surface area contributed by atoms with Crippen LogP contribution in [0.4, 0.5) is 4.39 Å². The first-order valence-electron chi connectivity index (χ1n) is 25.0. The third-order valence-electron chi connectivity index (χ3n) is 12.1. The summed E-state index contributed by atoms with van der Waals surface area (Å²) in [6.45, 7) is 24.2. The second kappa shape index (κ2) is 36.3. The van der Waals surface area contributed by atoms with Gasteiger partial charge >= 0.3 is 5.97 Å². The molecule has 4 atom stereocenters. The minimum atomic E-state index is -0.822. The van der Waals surface area contributed by atoms with E-state index < -0.39 is 17.8 Å². The second-order valence-electron chi connectivity index (χ2n) is 17.6. The van der Waals surface area contributed by atoms with Crippen molar-refractivity contribution in [3.63, 3.8) is 0 Å². The highest BCUT2D eigenvalue weighted by Crippen LogP contribution is 2.49. The van der Waals surface area contributed by atoms with E-state index in [9.17, 15) is 33.2 Å². The summed E-state index contributed by atoms with van der Waals surface area (Å²) in [5.74, 6) is -2.45. The maximum Gasteiger partial charge on any atom is 0.317 e. The number of carboxylic acids is 1. The van der Waals surface area contributed by atoms with E-state index in [1.54, 1.807) is 33.3 Å². The highest BCUT2D eigenvalue weighted by molar-refractivity contribution is 7.16. The number of ether oxygens (including phenoxy) is 1. The van der Waals surface area contributed by atoms with Gasteiger partial charge in [0, 0.05) is 84.2 Å². The Hall–Kier alpha value is -6.70. The molecule has 4 aliphatic rings. The number of nitrogens with one attached hydrogen (secondary N) is 5. The van der Waals surface area contributed by atoms with Crippen molar-refractivity contribution in [1.29, 1.82) is 0 Å². The van der Waals surface area contributed by atoms with Crippen LogP contribution in [-0.4, -0.2) is 154 Å². The highest BCUT2D eigenvalue weighted by atomic mass is 31.0. The molecule has 21 heteroatoms. The van der Waals surface area contributed by atoms with Crippen LogP contribution >= 0.6 is 9.24 Å². The Balaban J connectivity index is 0.000000565. The Labute approximate surface area is 450 Å². The number of nitrogens with zero attached hydrogens (tertiary/aromatic N) is 4. The number of rotatable bonds is 23. The molecule has 3 aliphatic heterocycles. The van der Waals surface area contributed by atoms with E-state index in [-0.39, 0.29) is 49.2 Å². The van der Waals surface area contributed by atoms with Gasteiger partial charge in [-0.05, 0) is 121 Å². The number of benzene rings is 1. The molecule has 0 fully saturated rings. The quantitative estimate of drug-likeness (QED) is 0.0268. The summed E-state index contributed by atoms with van der Waals surface area (Å²) >= 11 is 0. The SMILES string of the molecule is C=C1C(COC)=C(C(C=O)CC)C=C2c3nc4cc(F)c(C)c5c4c(c3CN12)C(N(C)C)CC5.C=CCCCNC.C=CNCC(=C)NC(CP)CC=O.CCNC(=O)CN1C(=O)C=CC1=O.CNCC(=O)O.NC=O. The standard InChI is InChI=1S/C28H32FN3O2.C9H17N2OP.C8H10N2O3.C6H13N.C3H7NO2.CH3NO/c1-7-17(13-33)19-10-25-28-20(12-32(25)16(3)21(19)14-34-6)27-24(31(4)5)9-8-18-15(2)22(29)11-23(30-28)26(18)27;1-3-10-6-8(2)11-9(7-13)4-5-12;1-2-9-6(11)5-10-7(12)3-4-8(10)13;1-3-4-5-6-7-2;1-4-2-3(5)6;2-1-3/h10-11,13,17,24H,3,7-9,12,14H2,1-2,4-6H3;3,5,9-11H,1-2,4,6-7,13H2;3-4H,2,5H2,1H3,(H,9,11);3,7H,1,4-6H2,2H3;4H,2H2,1H3,(H,5,6);1H,(H2,2,3). The summed E-state index contributed by atoms with van der Waals surface area (Å²) in [6.07, 6.45) is 16.3. The maximum absolute atomic E-state index is 14.9. The zero-order valence-corrected chi connectivity index (χ0v) is 46.8. The number of primary amides is 1. The monoisotopic (exact) mass is 1080 g/mol. The largest absolute Gasteiger partial charge is 0.480 e. The first-order chi connectivity index (χ1) is 36.3. The van der Waals surface area contributed by atoms with E-state index in [4.69, 9.17) is 19.6 Å². The molecule has 1 aliphatic carbocycles. The third kappa shape index (κ3) is 20.1. The van der Waals surface area contributed by atoms with Crippen LogP contribution in [0.15, 0.2) is 85.4 Å². The number of likely N-dealkylation sites (N-methyl/N-ethyl adjacent to an activating group) is 2. The molecule has 76 heavy (non-hydrogen) atoms. The number of allylic oxidation sites excluding steroid dienone is 3. The molecule has 418 valence electrons. The molecule has 0 radical (unpaired) electrons. The Morgan fingerprint density at radius 1 is 1.09 bits per heavy atom. The zero-order valence-electron chi connectivity index (χ0n) is 45.7. The average molecular weight is 1080 g/mol. The van der Waals surface area contributed by atoms with Gasteiger partial charge in [-0.2, -0.15) is 0 Å². The number of methoxy groups -OCH3 is 1. The molecule has 0 saturated carbocycles. The molecule has 2 aromatic rings. The van der Waals surface area contributed by atoms with Crippen molar-refractivity contribution in [3.05, 3.63) is 119 Å². The molecule has 6 rings (SSSR count). The number of aldehydes is 2. The van der Waals surface area contributed by atoms with E-state index in [0.29, 0.717) is 44.6 Å². The lowest BCUT2D eigenvalue weighted by molar-refractivity contribution is -0.141. The molecule has 1 aromatic carbocycles. The number of pyridine rings is 1. The number of unbranched alkanes of at least 4 members (excludes halogenated alkanes) is 1. The van der Waals surface area contributed by atoms with Gasteiger partial charge in [0.1, 0.15) is 24.9 Å². The normalized spacial score (nSPS) is 15.2. The summed E-state index contributed by atoms with van der Waals surface area (Å²) in [5.41, 5.74) is 14.6. The van der Waals surface area contributed by atoms with Gasteiger partial charge in [0.05, 0.1) is 43.1 Å². The van der Waals surface area contributed by atoms with Gasteiger partial charge in [-0.15, -0.1) is 15.8 Å². The van der Waals surface area contributed by atoms with Crippen LogP contribution < -0.4 is 32.3 Å². The van der Waals surface area contributed by atoms with E-state index in [1.165, 1.54) is 17.5 Å². The first-order valence-corrected chi connectivity index (χ1v) is 25.8. The summed E-state index contributed by atoms with van der Waals surface area (Å²) in [5, 5.41) is 23.1. The lowest BCUT2D eigenvalue weighted by Gasteiger charge is -2.33. The van der Waals surface area contributed by atoms with Crippen LogP contribution in [0.3, 0.4) is 0 Å². The first kappa shape index (κ1) is 67.3. The van der Waals surface area contributed by atoms with Crippen LogP contribution in [0.25, 0.3) is 16.6 Å². The number of amides is 4. The molecular weight excluding hydrogens is 995 g/mol. The van der Waals surface area contributed by atoms with Gasteiger partial charge in [-0.3, -0.25) is 28.9 Å². The summed E-state index contributed by atoms with van der Waals surface area (Å²) < 4.78 is 20.4. The maximum atomic E-state index is 14.9. The fraction of sp³-hybridized carbons (Fsp3) is 0.455. The summed E-state index contributed by atoms with van der Waals surface area (Å²) in [4.78, 5) is 83.6. The molecule has 0 bridgehead atoms. The fourth-order valence-corrected chi connectivity index (χ4v) is 8.72. The van der Waals surface area contributed by atoms with Crippen molar-refractivity contribution < 1.29 is 47.8 Å². The van der Waals surface area contributed by atoms with Gasteiger partial charge in [-0.1, -0.05) is 32.7 Å². The highest BCUT2D eigenvalue weighted by Gasteiger charge is 2.39. The van der Waals surface area contributed by atoms with Crippen molar-refractivity contribution >= 4 is 68.5 Å². The lowest BCUT2D eigenvalue weighted by Crippen LogP contribution is -2.40. The van der Waals surface area contributed by atoms with Crippen LogP contribution in [-0.2, 0) is 51.3 Å². The fourth-order valence-electron chi connectivity index (χ4n) is 8.41. The van der Waals surface area contributed by atoms with Crippen molar-refractivity contribution in [2.24, 2.45) is 11.7 Å². The number of hydrogen-bond donors (Lipinski definition) is 7. The number of halogens is 1.